The Morgan fingerprint density at radius 1 is 1.18 bits per heavy atom. The summed E-state index contributed by atoms with van der Waals surface area (Å²) in [6, 6.07) is 0. The van der Waals surface area contributed by atoms with E-state index in [1.165, 1.54) is 31.3 Å². The van der Waals surface area contributed by atoms with Crippen molar-refractivity contribution in [1.82, 2.24) is 0 Å². The van der Waals surface area contributed by atoms with E-state index >= 15 is 0 Å². The van der Waals surface area contributed by atoms with Crippen LogP contribution < -0.4 is 0 Å². The standard InChI is InChI=1S/C20H30O2/c1-12(2)13-10-15(21)19(4)9-8-18(3)11-16-20(5,22-16)7-6-14(18)17(13)19/h10,12,14,16-17H,6-9,11H2,1-5H3/t14-,16-,17-,18+,19-,20+/m1/s1. The van der Waals surface area contributed by atoms with Crippen LogP contribution in [0.1, 0.15) is 66.7 Å². The van der Waals surface area contributed by atoms with Crippen molar-refractivity contribution < 1.29 is 9.53 Å². The molecule has 1 aliphatic heterocycles. The Kier molecular flexibility index (Phi) is 2.89. The van der Waals surface area contributed by atoms with Crippen LogP contribution in [-0.2, 0) is 9.53 Å². The van der Waals surface area contributed by atoms with Gasteiger partial charge >= 0.3 is 0 Å². The van der Waals surface area contributed by atoms with Crippen molar-refractivity contribution in [2.45, 2.75) is 78.4 Å². The van der Waals surface area contributed by atoms with Gasteiger partial charge in [0.05, 0.1) is 11.7 Å². The number of allylic oxidation sites excluding steroid dienone is 2. The summed E-state index contributed by atoms with van der Waals surface area (Å²) in [6.45, 7) is 11.5. The maximum atomic E-state index is 12.7. The first-order valence-electron chi connectivity index (χ1n) is 9.13. The van der Waals surface area contributed by atoms with Gasteiger partial charge in [-0.15, -0.1) is 0 Å². The van der Waals surface area contributed by atoms with Crippen LogP contribution in [0.25, 0.3) is 0 Å². The third-order valence-corrected chi connectivity index (χ3v) is 7.72. The maximum absolute atomic E-state index is 12.7. The maximum Gasteiger partial charge on any atom is 0.162 e. The van der Waals surface area contributed by atoms with Crippen molar-refractivity contribution in [2.75, 3.05) is 0 Å². The van der Waals surface area contributed by atoms with Crippen molar-refractivity contribution in [1.29, 1.82) is 0 Å². The zero-order chi connectivity index (χ0) is 15.9. The summed E-state index contributed by atoms with van der Waals surface area (Å²) in [7, 11) is 0. The molecule has 0 spiro atoms. The van der Waals surface area contributed by atoms with E-state index < -0.39 is 0 Å². The van der Waals surface area contributed by atoms with Crippen molar-refractivity contribution in [2.24, 2.45) is 28.6 Å². The van der Waals surface area contributed by atoms with Gasteiger partial charge in [-0.25, -0.2) is 0 Å². The molecule has 2 saturated carbocycles. The quantitative estimate of drug-likeness (QED) is 0.666. The summed E-state index contributed by atoms with van der Waals surface area (Å²) in [5.74, 6) is 2.02. The molecule has 4 rings (SSSR count). The Morgan fingerprint density at radius 3 is 2.59 bits per heavy atom. The smallest absolute Gasteiger partial charge is 0.162 e. The third kappa shape index (κ3) is 1.79. The van der Waals surface area contributed by atoms with Gasteiger partial charge in [-0.2, -0.15) is 0 Å². The van der Waals surface area contributed by atoms with E-state index in [9.17, 15) is 4.79 Å². The Hall–Kier alpha value is -0.630. The monoisotopic (exact) mass is 302 g/mol. The summed E-state index contributed by atoms with van der Waals surface area (Å²) in [4.78, 5) is 12.7. The third-order valence-electron chi connectivity index (χ3n) is 7.72. The molecule has 0 bridgehead atoms. The highest BCUT2D eigenvalue weighted by atomic mass is 16.6. The minimum atomic E-state index is -0.125. The molecule has 0 aromatic rings. The molecule has 1 saturated heterocycles. The number of epoxide rings is 1. The van der Waals surface area contributed by atoms with Crippen LogP contribution in [0.2, 0.25) is 0 Å². The number of ketones is 1. The number of fused-ring (bicyclic) bond motifs is 4. The molecule has 0 amide bonds. The SMILES string of the molecule is CC(C)C1=CC(=O)[C@@]2(C)CC[C@@]3(C)C[C@H]4O[C@@]4(C)CC[C@@H]3[C@@H]12. The molecule has 122 valence electrons. The molecule has 22 heavy (non-hydrogen) atoms. The van der Waals surface area contributed by atoms with Crippen molar-refractivity contribution in [3.8, 4) is 0 Å². The molecule has 4 aliphatic rings. The van der Waals surface area contributed by atoms with Crippen LogP contribution in [-0.4, -0.2) is 17.5 Å². The van der Waals surface area contributed by atoms with E-state index in [0.717, 1.165) is 6.42 Å². The minimum Gasteiger partial charge on any atom is -0.366 e. The molecule has 2 heteroatoms. The highest BCUT2D eigenvalue weighted by Gasteiger charge is 2.64. The van der Waals surface area contributed by atoms with Crippen molar-refractivity contribution in [3.63, 3.8) is 0 Å². The van der Waals surface area contributed by atoms with E-state index in [-0.39, 0.29) is 11.0 Å². The van der Waals surface area contributed by atoms with Gasteiger partial charge in [-0.3, -0.25) is 4.79 Å². The van der Waals surface area contributed by atoms with E-state index in [2.05, 4.69) is 34.6 Å². The average molecular weight is 302 g/mol. The fraction of sp³-hybridized carbons (Fsp3) is 0.850. The number of rotatable bonds is 1. The minimum absolute atomic E-state index is 0.125. The lowest BCUT2D eigenvalue weighted by atomic mass is 9.51. The summed E-state index contributed by atoms with van der Waals surface area (Å²) in [6.07, 6.45) is 8.32. The molecule has 0 radical (unpaired) electrons. The molecule has 0 aromatic carbocycles. The van der Waals surface area contributed by atoms with Gasteiger partial charge in [-0.05, 0) is 68.3 Å². The molecular formula is C20H30O2. The second-order valence-electron chi connectivity index (χ2n) is 9.48. The predicted octanol–water partition coefficient (Wildman–Crippen LogP) is 4.53. The topological polar surface area (TPSA) is 29.6 Å². The summed E-state index contributed by atoms with van der Waals surface area (Å²) >= 11 is 0. The fourth-order valence-electron chi connectivity index (χ4n) is 5.94. The molecule has 0 aromatic heterocycles. The zero-order valence-electron chi connectivity index (χ0n) is 14.7. The van der Waals surface area contributed by atoms with Gasteiger partial charge in [0.1, 0.15) is 0 Å². The molecule has 1 heterocycles. The molecule has 0 unspecified atom stereocenters. The van der Waals surface area contributed by atoms with E-state index in [0.29, 0.717) is 35.1 Å². The van der Waals surface area contributed by atoms with Gasteiger partial charge < -0.3 is 4.74 Å². The number of hydrogen-bond acceptors (Lipinski definition) is 2. The van der Waals surface area contributed by atoms with Gasteiger partial charge in [0.2, 0.25) is 0 Å². The van der Waals surface area contributed by atoms with E-state index in [1.54, 1.807) is 0 Å². The molecule has 3 aliphatic carbocycles. The van der Waals surface area contributed by atoms with Crippen LogP contribution >= 0.6 is 0 Å². The molecule has 2 nitrogen and oxygen atoms in total. The second kappa shape index (κ2) is 4.26. The van der Waals surface area contributed by atoms with Crippen molar-refractivity contribution in [3.05, 3.63) is 11.6 Å². The number of hydrogen-bond donors (Lipinski definition) is 0. The van der Waals surface area contributed by atoms with Crippen molar-refractivity contribution >= 4 is 5.78 Å². The number of carbonyl (C=O) groups excluding carboxylic acids is 1. The number of ether oxygens (including phenoxy) is 1. The first-order chi connectivity index (χ1) is 10.2. The Labute approximate surface area is 134 Å². The molecule has 6 atom stereocenters. The Balaban J connectivity index is 1.74. The molecule has 0 N–H and O–H groups in total. The van der Waals surface area contributed by atoms with E-state index in [1.807, 2.05) is 6.08 Å². The molecule has 3 fully saturated rings. The van der Waals surface area contributed by atoms with Crippen LogP contribution in [0.5, 0.6) is 0 Å². The average Bonchev–Trinajstić information content (AvgIpc) is 2.99. The highest BCUT2D eigenvalue weighted by Crippen LogP contribution is 2.65. The van der Waals surface area contributed by atoms with Crippen LogP contribution in [0.15, 0.2) is 11.6 Å². The zero-order valence-corrected chi connectivity index (χ0v) is 14.7. The fourth-order valence-corrected chi connectivity index (χ4v) is 5.94. The predicted molar refractivity (Wildman–Crippen MR) is 87.5 cm³/mol. The van der Waals surface area contributed by atoms with Crippen LogP contribution in [0.4, 0.5) is 0 Å². The van der Waals surface area contributed by atoms with Gasteiger partial charge in [-0.1, -0.05) is 33.3 Å². The molecular weight excluding hydrogens is 272 g/mol. The summed E-state index contributed by atoms with van der Waals surface area (Å²) < 4.78 is 6.01. The first-order valence-corrected chi connectivity index (χ1v) is 9.13. The van der Waals surface area contributed by atoms with Gasteiger partial charge in [0.25, 0.3) is 0 Å². The highest BCUT2D eigenvalue weighted by molar-refractivity contribution is 5.99. The largest absolute Gasteiger partial charge is 0.366 e. The second-order valence-corrected chi connectivity index (χ2v) is 9.48. The van der Waals surface area contributed by atoms with Gasteiger partial charge in [0, 0.05) is 5.41 Å². The lowest BCUT2D eigenvalue weighted by molar-refractivity contribution is -0.130. The summed E-state index contributed by atoms with van der Waals surface area (Å²) in [5.41, 5.74) is 1.80. The normalized spacial score (nSPS) is 53.5. The van der Waals surface area contributed by atoms with E-state index in [4.69, 9.17) is 4.74 Å². The Morgan fingerprint density at radius 2 is 1.91 bits per heavy atom. The number of carbonyl (C=O) groups is 1. The van der Waals surface area contributed by atoms with Crippen LogP contribution in [0, 0.1) is 28.6 Å². The van der Waals surface area contributed by atoms with Crippen LogP contribution in [0.3, 0.4) is 0 Å². The first kappa shape index (κ1) is 14.9. The summed E-state index contributed by atoms with van der Waals surface area (Å²) in [5, 5.41) is 0. The van der Waals surface area contributed by atoms with Gasteiger partial charge in [0.15, 0.2) is 5.78 Å². The lowest BCUT2D eigenvalue weighted by Gasteiger charge is -2.52. The lowest BCUT2D eigenvalue weighted by Crippen LogP contribution is -2.48. The Bertz CT molecular complexity index is 562.